The Labute approximate surface area is 87.5 Å². The molecule has 0 bridgehead atoms. The lowest BCUT2D eigenvalue weighted by molar-refractivity contribution is 0.112. The maximum atomic E-state index is 13.2. The first-order valence-electron chi connectivity index (χ1n) is 4.65. The molecule has 0 saturated heterocycles. The molecule has 3 nitrogen and oxygen atoms in total. The number of ether oxygens (including phenoxy) is 1. The summed E-state index contributed by atoms with van der Waals surface area (Å²) in [7, 11) is 0. The van der Waals surface area contributed by atoms with Gasteiger partial charge >= 0.3 is 0 Å². The molecular weight excluding hydrogens is 199 g/mol. The van der Waals surface area contributed by atoms with Crippen molar-refractivity contribution in [1.82, 2.24) is 0 Å². The molecule has 1 N–H and O–H groups in total. The van der Waals surface area contributed by atoms with Crippen LogP contribution < -0.4 is 4.74 Å². The molecule has 1 rings (SSSR count). The summed E-state index contributed by atoms with van der Waals surface area (Å²) in [5, 5.41) is 8.74. The number of aldehydes is 1. The Kier molecular flexibility index (Phi) is 4.24. The summed E-state index contributed by atoms with van der Waals surface area (Å²) < 4.78 is 18.4. The SMILES string of the molecule is CC(CO)COc1ccc(C=O)cc1F. The van der Waals surface area contributed by atoms with Gasteiger partial charge in [-0.2, -0.15) is 0 Å². The van der Waals surface area contributed by atoms with Gasteiger partial charge in [0, 0.05) is 18.1 Å². The minimum atomic E-state index is -0.565. The molecule has 0 fully saturated rings. The van der Waals surface area contributed by atoms with Crippen molar-refractivity contribution in [3.63, 3.8) is 0 Å². The van der Waals surface area contributed by atoms with Gasteiger partial charge in [-0.15, -0.1) is 0 Å². The lowest BCUT2D eigenvalue weighted by atomic mass is 10.2. The van der Waals surface area contributed by atoms with Crippen LogP contribution in [-0.2, 0) is 0 Å². The molecule has 0 aliphatic carbocycles. The minimum Gasteiger partial charge on any atom is -0.490 e. The molecule has 0 saturated carbocycles. The van der Waals surface area contributed by atoms with Gasteiger partial charge in [-0.05, 0) is 18.2 Å². The molecule has 0 amide bonds. The third-order valence-corrected chi connectivity index (χ3v) is 1.93. The molecule has 1 unspecified atom stereocenters. The topological polar surface area (TPSA) is 46.5 Å². The summed E-state index contributed by atoms with van der Waals surface area (Å²) in [5.74, 6) is -0.513. The van der Waals surface area contributed by atoms with E-state index in [0.717, 1.165) is 6.07 Å². The lowest BCUT2D eigenvalue weighted by Gasteiger charge is -2.10. The average molecular weight is 212 g/mol. The van der Waals surface area contributed by atoms with E-state index >= 15 is 0 Å². The van der Waals surface area contributed by atoms with Crippen LogP contribution in [0, 0.1) is 11.7 Å². The van der Waals surface area contributed by atoms with E-state index in [1.54, 1.807) is 6.92 Å². The van der Waals surface area contributed by atoms with Crippen LogP contribution in [0.2, 0.25) is 0 Å². The van der Waals surface area contributed by atoms with Crippen molar-refractivity contribution < 1.29 is 19.0 Å². The van der Waals surface area contributed by atoms with Crippen LogP contribution in [0.15, 0.2) is 18.2 Å². The molecule has 82 valence electrons. The molecule has 0 aromatic heterocycles. The van der Waals surface area contributed by atoms with Crippen molar-refractivity contribution in [3.8, 4) is 5.75 Å². The second-order valence-electron chi connectivity index (χ2n) is 3.41. The fourth-order valence-electron chi connectivity index (χ4n) is 0.992. The standard InChI is InChI=1S/C11H13FO3/c1-8(5-13)7-15-11-3-2-9(6-14)4-10(11)12/h2-4,6,8,13H,5,7H2,1H3. The molecule has 0 spiro atoms. The zero-order valence-corrected chi connectivity index (χ0v) is 8.44. The Balaban J connectivity index is 2.65. The second kappa shape index (κ2) is 5.46. The molecular formula is C11H13FO3. The van der Waals surface area contributed by atoms with Gasteiger partial charge in [0.2, 0.25) is 0 Å². The Morgan fingerprint density at radius 1 is 1.60 bits per heavy atom. The smallest absolute Gasteiger partial charge is 0.165 e. The highest BCUT2D eigenvalue weighted by atomic mass is 19.1. The zero-order valence-electron chi connectivity index (χ0n) is 8.44. The van der Waals surface area contributed by atoms with Crippen molar-refractivity contribution in [1.29, 1.82) is 0 Å². The van der Waals surface area contributed by atoms with Crippen LogP contribution in [0.25, 0.3) is 0 Å². The summed E-state index contributed by atoms with van der Waals surface area (Å²) in [6.07, 6.45) is 0.573. The number of hydrogen-bond donors (Lipinski definition) is 1. The van der Waals surface area contributed by atoms with Crippen LogP contribution >= 0.6 is 0 Å². The quantitative estimate of drug-likeness (QED) is 0.755. The molecule has 0 radical (unpaired) electrons. The van der Waals surface area contributed by atoms with Crippen molar-refractivity contribution in [2.75, 3.05) is 13.2 Å². The van der Waals surface area contributed by atoms with E-state index in [1.807, 2.05) is 0 Å². The van der Waals surface area contributed by atoms with Gasteiger partial charge in [0.1, 0.15) is 6.29 Å². The van der Waals surface area contributed by atoms with Gasteiger partial charge in [0.25, 0.3) is 0 Å². The predicted molar refractivity (Wildman–Crippen MR) is 53.5 cm³/mol. The molecule has 0 aliphatic rings. The molecule has 4 heteroatoms. The molecule has 1 aromatic carbocycles. The van der Waals surface area contributed by atoms with Gasteiger partial charge in [-0.1, -0.05) is 6.92 Å². The van der Waals surface area contributed by atoms with E-state index in [0.29, 0.717) is 6.29 Å². The summed E-state index contributed by atoms with van der Waals surface area (Å²) in [6, 6.07) is 4.00. The summed E-state index contributed by atoms with van der Waals surface area (Å²) in [6.45, 7) is 2.03. The van der Waals surface area contributed by atoms with Gasteiger partial charge in [0.05, 0.1) is 6.61 Å². The van der Waals surface area contributed by atoms with Crippen LogP contribution in [0.5, 0.6) is 5.75 Å². The van der Waals surface area contributed by atoms with Crippen molar-refractivity contribution in [3.05, 3.63) is 29.6 Å². The third-order valence-electron chi connectivity index (χ3n) is 1.93. The van der Waals surface area contributed by atoms with Crippen molar-refractivity contribution in [2.24, 2.45) is 5.92 Å². The van der Waals surface area contributed by atoms with E-state index in [9.17, 15) is 9.18 Å². The van der Waals surface area contributed by atoms with Gasteiger partial charge < -0.3 is 9.84 Å². The first-order chi connectivity index (χ1) is 7.17. The first-order valence-corrected chi connectivity index (χ1v) is 4.65. The highest BCUT2D eigenvalue weighted by Gasteiger charge is 2.06. The minimum absolute atomic E-state index is 0.00591. The van der Waals surface area contributed by atoms with Gasteiger partial charge in [0.15, 0.2) is 11.6 Å². The zero-order chi connectivity index (χ0) is 11.3. The summed E-state index contributed by atoms with van der Waals surface area (Å²) in [5.41, 5.74) is 0.273. The first kappa shape index (κ1) is 11.7. The number of aliphatic hydroxyl groups is 1. The van der Waals surface area contributed by atoms with Crippen LogP contribution in [0.1, 0.15) is 17.3 Å². The number of aliphatic hydroxyl groups excluding tert-OH is 1. The number of carbonyl (C=O) groups is 1. The Bertz CT molecular complexity index is 339. The highest BCUT2D eigenvalue weighted by Crippen LogP contribution is 2.18. The summed E-state index contributed by atoms with van der Waals surface area (Å²) >= 11 is 0. The summed E-state index contributed by atoms with van der Waals surface area (Å²) in [4.78, 5) is 10.3. The second-order valence-corrected chi connectivity index (χ2v) is 3.41. The number of rotatable bonds is 5. The van der Waals surface area contributed by atoms with Crippen LogP contribution in [-0.4, -0.2) is 24.6 Å². The molecule has 1 aromatic rings. The molecule has 0 heterocycles. The number of carbonyl (C=O) groups excluding carboxylic acids is 1. The van der Waals surface area contributed by atoms with E-state index in [1.165, 1.54) is 12.1 Å². The van der Waals surface area contributed by atoms with Crippen LogP contribution in [0.3, 0.4) is 0 Å². The van der Waals surface area contributed by atoms with Crippen molar-refractivity contribution >= 4 is 6.29 Å². The Morgan fingerprint density at radius 3 is 2.87 bits per heavy atom. The Hall–Kier alpha value is -1.42. The number of halogens is 1. The monoisotopic (exact) mass is 212 g/mol. The van der Waals surface area contributed by atoms with E-state index in [2.05, 4.69) is 0 Å². The normalized spacial score (nSPS) is 12.2. The highest BCUT2D eigenvalue weighted by molar-refractivity contribution is 5.74. The number of hydrogen-bond acceptors (Lipinski definition) is 3. The third kappa shape index (κ3) is 3.32. The molecule has 15 heavy (non-hydrogen) atoms. The average Bonchev–Trinajstić information content (AvgIpc) is 2.26. The van der Waals surface area contributed by atoms with E-state index in [4.69, 9.17) is 9.84 Å². The largest absolute Gasteiger partial charge is 0.490 e. The van der Waals surface area contributed by atoms with Gasteiger partial charge in [-0.3, -0.25) is 4.79 Å². The maximum absolute atomic E-state index is 13.2. The Morgan fingerprint density at radius 2 is 2.33 bits per heavy atom. The fraction of sp³-hybridized carbons (Fsp3) is 0.364. The maximum Gasteiger partial charge on any atom is 0.165 e. The fourth-order valence-corrected chi connectivity index (χ4v) is 0.992. The van der Waals surface area contributed by atoms with E-state index in [-0.39, 0.29) is 30.4 Å². The van der Waals surface area contributed by atoms with Gasteiger partial charge in [-0.25, -0.2) is 4.39 Å². The predicted octanol–water partition coefficient (Wildman–Crippen LogP) is 1.65. The van der Waals surface area contributed by atoms with E-state index < -0.39 is 5.82 Å². The lowest BCUT2D eigenvalue weighted by Crippen LogP contribution is -2.12. The molecule has 1 atom stereocenters. The molecule has 0 aliphatic heterocycles. The number of benzene rings is 1. The van der Waals surface area contributed by atoms with Crippen LogP contribution in [0.4, 0.5) is 4.39 Å². The van der Waals surface area contributed by atoms with Crippen molar-refractivity contribution in [2.45, 2.75) is 6.92 Å².